The number of carbonyl (C=O) groups excluding carboxylic acids is 2. The van der Waals surface area contributed by atoms with Gasteiger partial charge in [-0.05, 0) is 47.9 Å². The lowest BCUT2D eigenvalue weighted by atomic mass is 9.96. The second kappa shape index (κ2) is 10.6. The Morgan fingerprint density at radius 1 is 1.00 bits per heavy atom. The molecule has 1 aliphatic heterocycles. The third-order valence-electron chi connectivity index (χ3n) is 6.18. The molecule has 0 radical (unpaired) electrons. The summed E-state index contributed by atoms with van der Waals surface area (Å²) in [6, 6.07) is 16.8. The molecule has 0 spiro atoms. The molecule has 1 N–H and O–H groups in total. The monoisotopic (exact) mass is 420 g/mol. The van der Waals surface area contributed by atoms with Crippen molar-refractivity contribution in [1.82, 2.24) is 10.2 Å². The number of benzene rings is 2. The second-order valence-corrected chi connectivity index (χ2v) is 9.32. The molecule has 166 valence electrons. The van der Waals surface area contributed by atoms with Gasteiger partial charge in [-0.2, -0.15) is 0 Å². The highest BCUT2D eigenvalue weighted by Crippen LogP contribution is 2.21. The van der Waals surface area contributed by atoms with Crippen molar-refractivity contribution in [3.8, 4) is 0 Å². The quantitative estimate of drug-likeness (QED) is 0.638. The van der Waals surface area contributed by atoms with Gasteiger partial charge in [-0.15, -0.1) is 0 Å². The van der Waals surface area contributed by atoms with Crippen molar-refractivity contribution in [3.05, 3.63) is 70.8 Å². The van der Waals surface area contributed by atoms with Crippen LogP contribution in [-0.2, 0) is 29.0 Å². The molecule has 2 aromatic carbocycles. The maximum atomic E-state index is 12.7. The molecule has 0 aromatic heterocycles. The summed E-state index contributed by atoms with van der Waals surface area (Å²) in [7, 11) is 0. The van der Waals surface area contributed by atoms with Crippen LogP contribution in [0.25, 0.3) is 0 Å². The van der Waals surface area contributed by atoms with Crippen LogP contribution in [0.5, 0.6) is 0 Å². The first kappa shape index (κ1) is 23.1. The fraction of sp³-hybridized carbons (Fsp3) is 0.481. The third kappa shape index (κ3) is 6.43. The SMILES string of the molecule is CCc1ccc(CN2CC(CNC(=O)C(C)c3ccc(CC(C)C)cc3)CC2=O)cc1. The van der Waals surface area contributed by atoms with Crippen molar-refractivity contribution in [2.45, 2.75) is 59.4 Å². The molecule has 1 fully saturated rings. The Bertz CT molecular complexity index is 871. The van der Waals surface area contributed by atoms with Crippen LogP contribution >= 0.6 is 0 Å². The highest BCUT2D eigenvalue weighted by Gasteiger charge is 2.30. The molecule has 1 saturated heterocycles. The van der Waals surface area contributed by atoms with Crippen LogP contribution in [-0.4, -0.2) is 29.8 Å². The van der Waals surface area contributed by atoms with E-state index >= 15 is 0 Å². The van der Waals surface area contributed by atoms with Gasteiger partial charge in [0, 0.05) is 32.0 Å². The van der Waals surface area contributed by atoms with E-state index in [1.54, 1.807) is 0 Å². The Morgan fingerprint density at radius 3 is 2.23 bits per heavy atom. The van der Waals surface area contributed by atoms with E-state index in [2.05, 4.69) is 74.6 Å². The topological polar surface area (TPSA) is 49.4 Å². The summed E-state index contributed by atoms with van der Waals surface area (Å²) in [5, 5.41) is 3.07. The summed E-state index contributed by atoms with van der Waals surface area (Å²) in [5.41, 5.74) is 4.80. The molecule has 2 atom stereocenters. The maximum absolute atomic E-state index is 12.7. The van der Waals surface area contributed by atoms with Crippen molar-refractivity contribution in [2.75, 3.05) is 13.1 Å². The number of likely N-dealkylation sites (tertiary alicyclic amines) is 1. The molecule has 0 bridgehead atoms. The van der Waals surface area contributed by atoms with Gasteiger partial charge < -0.3 is 10.2 Å². The summed E-state index contributed by atoms with van der Waals surface area (Å²) in [5.74, 6) is 0.798. The van der Waals surface area contributed by atoms with E-state index in [-0.39, 0.29) is 23.7 Å². The van der Waals surface area contributed by atoms with Gasteiger partial charge in [-0.1, -0.05) is 69.3 Å². The molecule has 0 aliphatic carbocycles. The van der Waals surface area contributed by atoms with Crippen molar-refractivity contribution in [1.29, 1.82) is 0 Å². The molecule has 0 saturated carbocycles. The molecule has 1 aliphatic rings. The highest BCUT2D eigenvalue weighted by molar-refractivity contribution is 5.83. The van der Waals surface area contributed by atoms with Gasteiger partial charge in [0.05, 0.1) is 5.92 Å². The van der Waals surface area contributed by atoms with Gasteiger partial charge in [0.25, 0.3) is 0 Å². The number of nitrogens with zero attached hydrogens (tertiary/aromatic N) is 1. The fourth-order valence-corrected chi connectivity index (χ4v) is 4.21. The average molecular weight is 421 g/mol. The van der Waals surface area contributed by atoms with E-state index in [4.69, 9.17) is 0 Å². The van der Waals surface area contributed by atoms with E-state index in [0.717, 1.165) is 24.0 Å². The molecule has 2 unspecified atom stereocenters. The Kier molecular flexibility index (Phi) is 7.89. The minimum Gasteiger partial charge on any atom is -0.355 e. The lowest BCUT2D eigenvalue weighted by Gasteiger charge is -2.18. The minimum absolute atomic E-state index is 0.0256. The zero-order valence-corrected chi connectivity index (χ0v) is 19.4. The van der Waals surface area contributed by atoms with E-state index in [9.17, 15) is 9.59 Å². The van der Waals surface area contributed by atoms with Gasteiger partial charge in [0.15, 0.2) is 0 Å². The normalized spacial score (nSPS) is 17.3. The molecule has 3 rings (SSSR count). The third-order valence-corrected chi connectivity index (χ3v) is 6.18. The van der Waals surface area contributed by atoms with Crippen molar-refractivity contribution in [2.24, 2.45) is 11.8 Å². The molecular weight excluding hydrogens is 384 g/mol. The van der Waals surface area contributed by atoms with Gasteiger partial charge in [0.1, 0.15) is 0 Å². The smallest absolute Gasteiger partial charge is 0.227 e. The number of aryl methyl sites for hydroxylation is 1. The zero-order valence-electron chi connectivity index (χ0n) is 19.4. The number of carbonyl (C=O) groups is 2. The first-order chi connectivity index (χ1) is 14.9. The van der Waals surface area contributed by atoms with Crippen LogP contribution in [0, 0.1) is 11.8 Å². The molecule has 2 amide bonds. The van der Waals surface area contributed by atoms with Crippen LogP contribution in [0.2, 0.25) is 0 Å². The van der Waals surface area contributed by atoms with Crippen molar-refractivity contribution >= 4 is 11.8 Å². The Balaban J connectivity index is 1.48. The fourth-order valence-electron chi connectivity index (χ4n) is 4.21. The predicted molar refractivity (Wildman–Crippen MR) is 126 cm³/mol. The van der Waals surface area contributed by atoms with E-state index in [1.807, 2.05) is 11.8 Å². The summed E-state index contributed by atoms with van der Waals surface area (Å²) in [4.78, 5) is 27.0. The Hall–Kier alpha value is -2.62. The van der Waals surface area contributed by atoms with Crippen LogP contribution < -0.4 is 5.32 Å². The predicted octanol–water partition coefficient (Wildman–Crippen LogP) is 4.72. The number of nitrogens with one attached hydrogen (secondary N) is 1. The lowest BCUT2D eigenvalue weighted by Crippen LogP contribution is -2.33. The average Bonchev–Trinajstić information content (AvgIpc) is 3.11. The van der Waals surface area contributed by atoms with Crippen LogP contribution in [0.15, 0.2) is 48.5 Å². The standard InChI is InChI=1S/C27H36N2O2/c1-5-21-6-8-23(9-7-21)17-29-18-24(15-26(29)30)16-28-27(31)20(4)25-12-10-22(11-13-25)14-19(2)3/h6-13,19-20,24H,5,14-18H2,1-4H3,(H,28,31). The van der Waals surface area contributed by atoms with Crippen molar-refractivity contribution in [3.63, 3.8) is 0 Å². The van der Waals surface area contributed by atoms with E-state index in [1.165, 1.54) is 11.1 Å². The number of rotatable bonds is 9. The van der Waals surface area contributed by atoms with E-state index < -0.39 is 0 Å². The van der Waals surface area contributed by atoms with Crippen LogP contribution in [0.3, 0.4) is 0 Å². The van der Waals surface area contributed by atoms with Crippen molar-refractivity contribution < 1.29 is 9.59 Å². The van der Waals surface area contributed by atoms with Gasteiger partial charge in [0.2, 0.25) is 11.8 Å². The van der Waals surface area contributed by atoms with Crippen LogP contribution in [0.1, 0.15) is 62.3 Å². The molecule has 2 aromatic rings. The second-order valence-electron chi connectivity index (χ2n) is 9.32. The molecule has 31 heavy (non-hydrogen) atoms. The van der Waals surface area contributed by atoms with Gasteiger partial charge in [-0.3, -0.25) is 9.59 Å². The van der Waals surface area contributed by atoms with Gasteiger partial charge >= 0.3 is 0 Å². The van der Waals surface area contributed by atoms with Crippen LogP contribution in [0.4, 0.5) is 0 Å². The Morgan fingerprint density at radius 2 is 1.61 bits per heavy atom. The molecule has 4 heteroatoms. The highest BCUT2D eigenvalue weighted by atomic mass is 16.2. The van der Waals surface area contributed by atoms with Gasteiger partial charge in [-0.25, -0.2) is 0 Å². The lowest BCUT2D eigenvalue weighted by molar-refractivity contribution is -0.128. The number of hydrogen-bond donors (Lipinski definition) is 1. The maximum Gasteiger partial charge on any atom is 0.227 e. The van der Waals surface area contributed by atoms with E-state index in [0.29, 0.717) is 32.0 Å². The summed E-state index contributed by atoms with van der Waals surface area (Å²) < 4.78 is 0. The largest absolute Gasteiger partial charge is 0.355 e. The zero-order chi connectivity index (χ0) is 22.4. The number of hydrogen-bond acceptors (Lipinski definition) is 2. The first-order valence-electron chi connectivity index (χ1n) is 11.6. The summed E-state index contributed by atoms with van der Waals surface area (Å²) in [6.45, 7) is 10.4. The molecule has 1 heterocycles. The first-order valence-corrected chi connectivity index (χ1v) is 11.6. The molecule has 4 nitrogen and oxygen atoms in total. The summed E-state index contributed by atoms with van der Waals surface area (Å²) in [6.07, 6.45) is 2.58. The Labute approximate surface area is 187 Å². The number of amides is 2. The summed E-state index contributed by atoms with van der Waals surface area (Å²) >= 11 is 0. The molecular formula is C27H36N2O2. The minimum atomic E-state index is -0.196.